The SMILES string of the molecule is CC#Cc1[nH]c(=O)ccc1C1OC(CO)C(O)C1O. The summed E-state index contributed by atoms with van der Waals surface area (Å²) in [6.45, 7) is 1.22. The smallest absolute Gasteiger partial charge is 0.248 e. The number of rotatable bonds is 2. The molecule has 4 atom stereocenters. The third-order valence-corrected chi connectivity index (χ3v) is 3.05. The Balaban J connectivity index is 2.41. The van der Waals surface area contributed by atoms with Gasteiger partial charge in [0.25, 0.3) is 0 Å². The Labute approximate surface area is 109 Å². The molecule has 102 valence electrons. The van der Waals surface area contributed by atoms with E-state index in [9.17, 15) is 15.0 Å². The Bertz CT molecular complexity index is 570. The molecule has 1 aromatic heterocycles. The van der Waals surface area contributed by atoms with E-state index >= 15 is 0 Å². The van der Waals surface area contributed by atoms with Crippen molar-refractivity contribution in [3.8, 4) is 11.8 Å². The number of aromatic amines is 1. The molecule has 6 nitrogen and oxygen atoms in total. The fourth-order valence-electron chi connectivity index (χ4n) is 2.11. The summed E-state index contributed by atoms with van der Waals surface area (Å²) in [6, 6.07) is 2.80. The summed E-state index contributed by atoms with van der Waals surface area (Å²) in [6.07, 6.45) is -4.04. The second-order valence-corrected chi connectivity index (χ2v) is 4.29. The van der Waals surface area contributed by atoms with Crippen molar-refractivity contribution in [2.24, 2.45) is 0 Å². The molecule has 0 aromatic carbocycles. The van der Waals surface area contributed by atoms with Crippen molar-refractivity contribution in [1.82, 2.24) is 4.98 Å². The fraction of sp³-hybridized carbons (Fsp3) is 0.462. The fourth-order valence-corrected chi connectivity index (χ4v) is 2.11. The molecule has 1 fully saturated rings. The molecule has 19 heavy (non-hydrogen) atoms. The van der Waals surface area contributed by atoms with E-state index in [2.05, 4.69) is 16.8 Å². The number of H-pyrrole nitrogens is 1. The van der Waals surface area contributed by atoms with Crippen molar-refractivity contribution in [2.75, 3.05) is 6.61 Å². The van der Waals surface area contributed by atoms with Crippen LogP contribution in [0.15, 0.2) is 16.9 Å². The summed E-state index contributed by atoms with van der Waals surface area (Å²) in [5.41, 5.74) is 0.509. The highest BCUT2D eigenvalue weighted by atomic mass is 16.6. The van der Waals surface area contributed by atoms with Crippen molar-refractivity contribution in [1.29, 1.82) is 0 Å². The van der Waals surface area contributed by atoms with Crippen molar-refractivity contribution < 1.29 is 20.1 Å². The average molecular weight is 265 g/mol. The lowest BCUT2D eigenvalue weighted by atomic mass is 10.0. The summed E-state index contributed by atoms with van der Waals surface area (Å²) < 4.78 is 5.41. The first-order valence-corrected chi connectivity index (χ1v) is 5.87. The minimum atomic E-state index is -1.18. The van der Waals surface area contributed by atoms with E-state index in [1.54, 1.807) is 6.92 Å². The van der Waals surface area contributed by atoms with Gasteiger partial charge < -0.3 is 25.0 Å². The van der Waals surface area contributed by atoms with Gasteiger partial charge >= 0.3 is 0 Å². The van der Waals surface area contributed by atoms with Crippen LogP contribution in [0.3, 0.4) is 0 Å². The number of hydrogen-bond acceptors (Lipinski definition) is 5. The highest BCUT2D eigenvalue weighted by Gasteiger charge is 2.43. The Hall–Kier alpha value is -1.65. The van der Waals surface area contributed by atoms with E-state index in [0.29, 0.717) is 11.3 Å². The van der Waals surface area contributed by atoms with Crippen LogP contribution in [0.5, 0.6) is 0 Å². The molecular weight excluding hydrogens is 250 g/mol. The summed E-state index contributed by atoms with van der Waals surface area (Å²) >= 11 is 0. The minimum Gasteiger partial charge on any atom is -0.394 e. The largest absolute Gasteiger partial charge is 0.394 e. The van der Waals surface area contributed by atoms with Crippen molar-refractivity contribution in [2.45, 2.75) is 31.3 Å². The van der Waals surface area contributed by atoms with Crippen LogP contribution in [-0.4, -0.2) is 45.2 Å². The molecule has 1 aromatic rings. The van der Waals surface area contributed by atoms with Gasteiger partial charge in [0, 0.05) is 11.6 Å². The van der Waals surface area contributed by atoms with Crippen LogP contribution in [0.2, 0.25) is 0 Å². The number of ether oxygens (including phenoxy) is 1. The first kappa shape index (κ1) is 13.8. The second-order valence-electron chi connectivity index (χ2n) is 4.29. The van der Waals surface area contributed by atoms with Gasteiger partial charge in [0.1, 0.15) is 24.4 Å². The lowest BCUT2D eigenvalue weighted by Gasteiger charge is -2.16. The van der Waals surface area contributed by atoms with Gasteiger partial charge in [0.2, 0.25) is 5.56 Å². The maximum Gasteiger partial charge on any atom is 0.248 e. The van der Waals surface area contributed by atoms with E-state index in [4.69, 9.17) is 9.84 Å². The molecule has 2 heterocycles. The highest BCUT2D eigenvalue weighted by Crippen LogP contribution is 2.34. The Morgan fingerprint density at radius 3 is 2.68 bits per heavy atom. The summed E-state index contributed by atoms with van der Waals surface area (Å²) in [5.74, 6) is 5.38. The molecule has 0 aliphatic carbocycles. The van der Waals surface area contributed by atoms with Gasteiger partial charge in [-0.3, -0.25) is 4.79 Å². The van der Waals surface area contributed by atoms with Crippen LogP contribution < -0.4 is 5.56 Å². The van der Waals surface area contributed by atoms with E-state index in [1.807, 2.05) is 0 Å². The number of aliphatic hydroxyl groups is 3. The summed E-state index contributed by atoms with van der Waals surface area (Å²) in [7, 11) is 0. The van der Waals surface area contributed by atoms with E-state index in [-0.39, 0.29) is 5.56 Å². The molecule has 0 spiro atoms. The lowest BCUT2D eigenvalue weighted by molar-refractivity contribution is -0.0229. The third-order valence-electron chi connectivity index (χ3n) is 3.05. The van der Waals surface area contributed by atoms with Crippen molar-refractivity contribution in [3.63, 3.8) is 0 Å². The highest BCUT2D eigenvalue weighted by molar-refractivity contribution is 5.37. The van der Waals surface area contributed by atoms with Crippen molar-refractivity contribution >= 4 is 0 Å². The normalized spacial score (nSPS) is 29.9. The van der Waals surface area contributed by atoms with Gasteiger partial charge in [-0.05, 0) is 18.9 Å². The van der Waals surface area contributed by atoms with Crippen LogP contribution >= 0.6 is 0 Å². The topological polar surface area (TPSA) is 103 Å². The van der Waals surface area contributed by atoms with Crippen molar-refractivity contribution in [3.05, 3.63) is 33.7 Å². The molecule has 0 bridgehead atoms. The Morgan fingerprint density at radius 2 is 2.11 bits per heavy atom. The number of aromatic nitrogens is 1. The number of nitrogens with one attached hydrogen (secondary N) is 1. The molecule has 1 aliphatic heterocycles. The van der Waals surface area contributed by atoms with Gasteiger partial charge in [0.15, 0.2) is 0 Å². The van der Waals surface area contributed by atoms with Gasteiger partial charge in [0.05, 0.1) is 12.3 Å². The van der Waals surface area contributed by atoms with Crippen LogP contribution in [0.4, 0.5) is 0 Å². The van der Waals surface area contributed by atoms with E-state index in [1.165, 1.54) is 12.1 Å². The maximum atomic E-state index is 11.3. The molecule has 1 saturated heterocycles. The first-order valence-electron chi connectivity index (χ1n) is 5.87. The maximum absolute atomic E-state index is 11.3. The molecule has 0 amide bonds. The molecular formula is C13H15NO5. The molecule has 1 aliphatic rings. The van der Waals surface area contributed by atoms with Gasteiger partial charge in [-0.15, -0.1) is 0 Å². The molecule has 0 radical (unpaired) electrons. The molecule has 0 saturated carbocycles. The molecule has 2 rings (SSSR count). The second kappa shape index (κ2) is 5.55. The van der Waals surface area contributed by atoms with Crippen LogP contribution in [0.1, 0.15) is 24.3 Å². The summed E-state index contributed by atoms with van der Waals surface area (Å²) in [4.78, 5) is 13.8. The van der Waals surface area contributed by atoms with Crippen LogP contribution in [-0.2, 0) is 4.74 Å². The van der Waals surface area contributed by atoms with Gasteiger partial charge in [-0.1, -0.05) is 5.92 Å². The van der Waals surface area contributed by atoms with Crippen LogP contribution in [0.25, 0.3) is 0 Å². The zero-order valence-electron chi connectivity index (χ0n) is 10.3. The summed E-state index contributed by atoms with van der Waals surface area (Å²) in [5, 5.41) is 28.7. The predicted molar refractivity (Wildman–Crippen MR) is 66.3 cm³/mol. The monoisotopic (exact) mass is 265 g/mol. The standard InChI is InChI=1S/C13H15NO5/c1-2-3-8-7(4-5-10(16)14-8)13-12(18)11(17)9(6-15)19-13/h4-5,9,11-13,15,17-18H,6H2,1H3,(H,14,16). The average Bonchev–Trinajstić information content (AvgIpc) is 2.67. The van der Waals surface area contributed by atoms with Gasteiger partial charge in [-0.2, -0.15) is 0 Å². The number of aliphatic hydroxyl groups excluding tert-OH is 3. The van der Waals surface area contributed by atoms with Crippen LogP contribution in [0, 0.1) is 11.8 Å². The Kier molecular flexibility index (Phi) is 4.02. The molecule has 6 heteroatoms. The van der Waals surface area contributed by atoms with Gasteiger partial charge in [-0.25, -0.2) is 0 Å². The van der Waals surface area contributed by atoms with E-state index in [0.717, 1.165) is 0 Å². The molecule has 4 N–H and O–H groups in total. The number of pyridine rings is 1. The first-order chi connectivity index (χ1) is 9.08. The zero-order valence-corrected chi connectivity index (χ0v) is 10.3. The third kappa shape index (κ3) is 2.55. The Morgan fingerprint density at radius 1 is 1.37 bits per heavy atom. The predicted octanol–water partition coefficient (Wildman–Crippen LogP) is -1.10. The minimum absolute atomic E-state index is 0.312. The van der Waals surface area contributed by atoms with E-state index < -0.39 is 31.0 Å². The zero-order chi connectivity index (χ0) is 14.0. The number of hydrogen-bond donors (Lipinski definition) is 4. The quantitative estimate of drug-likeness (QED) is 0.508. The lowest BCUT2D eigenvalue weighted by Crippen LogP contribution is -2.32. The molecule has 4 unspecified atom stereocenters.